The molecule has 31 heavy (non-hydrogen) atoms. The summed E-state index contributed by atoms with van der Waals surface area (Å²) < 4.78 is 49.3. The molecule has 0 bridgehead atoms. The number of thiocarbonyl (C=S) groups is 2. The van der Waals surface area contributed by atoms with Crippen molar-refractivity contribution in [2.24, 2.45) is 0 Å². The first-order valence-electron chi connectivity index (χ1n) is 9.62. The van der Waals surface area contributed by atoms with Gasteiger partial charge in [0.05, 0.1) is 19.8 Å². The molecule has 0 saturated heterocycles. The van der Waals surface area contributed by atoms with Gasteiger partial charge in [-0.3, -0.25) is 0 Å². The molecule has 10 heteroatoms. The maximum atomic E-state index is 12.3. The molecule has 0 spiro atoms. The van der Waals surface area contributed by atoms with E-state index in [9.17, 15) is 16.8 Å². The lowest BCUT2D eigenvalue weighted by Gasteiger charge is -2.11. The fraction of sp³-hybridized carbons (Fsp3) is 0.333. The molecule has 0 saturated carbocycles. The van der Waals surface area contributed by atoms with Crippen molar-refractivity contribution in [1.82, 2.24) is 10.6 Å². The van der Waals surface area contributed by atoms with Crippen molar-refractivity contribution in [3.63, 3.8) is 0 Å². The van der Waals surface area contributed by atoms with E-state index >= 15 is 0 Å². The van der Waals surface area contributed by atoms with Crippen LogP contribution in [0.5, 0.6) is 0 Å². The molecular weight excluding hydrogens is 473 g/mol. The Morgan fingerprint density at radius 3 is 1.32 bits per heavy atom. The van der Waals surface area contributed by atoms with Crippen LogP contribution in [0.25, 0.3) is 0 Å². The Labute approximate surface area is 195 Å². The third-order valence-electron chi connectivity index (χ3n) is 4.49. The van der Waals surface area contributed by atoms with Crippen molar-refractivity contribution in [2.45, 2.75) is 42.9 Å². The second-order valence-electron chi connectivity index (χ2n) is 7.20. The summed E-state index contributed by atoms with van der Waals surface area (Å²) in [5.41, 5.74) is 1.97. The Kier molecular flexibility index (Phi) is 9.11. The van der Waals surface area contributed by atoms with Gasteiger partial charge in [0.15, 0.2) is 19.7 Å². The average molecular weight is 499 g/mol. The highest BCUT2D eigenvalue weighted by Gasteiger charge is 2.16. The molecule has 0 aromatic heterocycles. The highest BCUT2D eigenvalue weighted by Crippen LogP contribution is 2.12. The molecule has 0 fully saturated rings. The molecule has 2 N–H and O–H groups in total. The van der Waals surface area contributed by atoms with Gasteiger partial charge in [-0.05, 0) is 57.4 Å². The van der Waals surface area contributed by atoms with Gasteiger partial charge in [0.1, 0.15) is 11.8 Å². The number of sulfone groups is 2. The van der Waals surface area contributed by atoms with Gasteiger partial charge in [-0.2, -0.15) is 0 Å². The molecule has 0 aliphatic heterocycles. The SMILES string of the molecule is Cc1ccc(S(=O)(=O)CNC(=S)CCCC(=S)NCS(=O)(=O)c2ccc(C)cc2)cc1. The van der Waals surface area contributed by atoms with Gasteiger partial charge in [0.25, 0.3) is 0 Å². The van der Waals surface area contributed by atoms with E-state index in [-0.39, 0.29) is 21.5 Å². The second kappa shape index (κ2) is 11.1. The number of hydrogen-bond acceptors (Lipinski definition) is 6. The quantitative estimate of drug-likeness (QED) is 0.481. The Morgan fingerprint density at radius 2 is 1.00 bits per heavy atom. The molecule has 0 amide bonds. The van der Waals surface area contributed by atoms with Crippen LogP contribution in [0.3, 0.4) is 0 Å². The molecule has 0 aliphatic carbocycles. The van der Waals surface area contributed by atoms with Gasteiger partial charge in [-0.1, -0.05) is 59.8 Å². The summed E-state index contributed by atoms with van der Waals surface area (Å²) in [4.78, 5) is 1.33. The lowest BCUT2D eigenvalue weighted by atomic mass is 10.2. The molecule has 6 nitrogen and oxygen atoms in total. The first kappa shape index (κ1) is 25.4. The van der Waals surface area contributed by atoms with Gasteiger partial charge < -0.3 is 10.6 Å². The molecule has 2 aromatic carbocycles. The molecule has 2 aromatic rings. The normalized spacial score (nSPS) is 11.7. The van der Waals surface area contributed by atoms with Crippen LogP contribution in [0.15, 0.2) is 58.3 Å². The van der Waals surface area contributed by atoms with Gasteiger partial charge in [0.2, 0.25) is 0 Å². The summed E-state index contributed by atoms with van der Waals surface area (Å²) in [5, 5.41) is 5.55. The zero-order valence-electron chi connectivity index (χ0n) is 17.4. The van der Waals surface area contributed by atoms with E-state index in [1.165, 1.54) is 0 Å². The Bertz CT molecular complexity index is 1030. The monoisotopic (exact) mass is 498 g/mol. The van der Waals surface area contributed by atoms with Crippen LogP contribution in [0, 0.1) is 13.8 Å². The van der Waals surface area contributed by atoms with Crippen molar-refractivity contribution >= 4 is 54.1 Å². The van der Waals surface area contributed by atoms with E-state index in [0.717, 1.165) is 11.1 Å². The van der Waals surface area contributed by atoms with Crippen molar-refractivity contribution in [3.05, 3.63) is 59.7 Å². The zero-order valence-corrected chi connectivity index (χ0v) is 20.7. The largest absolute Gasteiger partial charge is 0.366 e. The van der Waals surface area contributed by atoms with Crippen LogP contribution in [-0.4, -0.2) is 38.6 Å². The van der Waals surface area contributed by atoms with Crippen LogP contribution in [0.1, 0.15) is 30.4 Å². The van der Waals surface area contributed by atoms with Crippen molar-refractivity contribution in [2.75, 3.05) is 11.8 Å². The third kappa shape index (κ3) is 8.29. The van der Waals surface area contributed by atoms with E-state index < -0.39 is 19.7 Å². The number of hydrogen-bond donors (Lipinski definition) is 2. The molecule has 168 valence electrons. The molecule has 2 rings (SSSR count). The van der Waals surface area contributed by atoms with Gasteiger partial charge in [0, 0.05) is 0 Å². The molecule has 0 aliphatic rings. The molecule has 0 heterocycles. The predicted molar refractivity (Wildman–Crippen MR) is 132 cm³/mol. The zero-order chi connectivity index (χ0) is 23.1. The Morgan fingerprint density at radius 1 is 0.677 bits per heavy atom. The van der Waals surface area contributed by atoms with Crippen LogP contribution in [0.2, 0.25) is 0 Å². The van der Waals surface area contributed by atoms with Gasteiger partial charge in [-0.25, -0.2) is 16.8 Å². The van der Waals surface area contributed by atoms with Gasteiger partial charge in [-0.15, -0.1) is 0 Å². The Hall–Kier alpha value is -1.88. The van der Waals surface area contributed by atoms with E-state index in [2.05, 4.69) is 10.6 Å². The predicted octanol–water partition coefficient (Wildman–Crippen LogP) is 3.47. The fourth-order valence-corrected chi connectivity index (χ4v) is 5.37. The average Bonchev–Trinajstić information content (AvgIpc) is 2.71. The second-order valence-corrected chi connectivity index (χ2v) is 12.2. The molecule has 0 unspecified atom stereocenters. The summed E-state index contributed by atoms with van der Waals surface area (Å²) in [6.07, 6.45) is 1.48. The third-order valence-corrected chi connectivity index (χ3v) is 8.21. The minimum Gasteiger partial charge on any atom is -0.366 e. The van der Waals surface area contributed by atoms with Crippen LogP contribution >= 0.6 is 24.4 Å². The molecule has 0 atom stereocenters. The number of aryl methyl sites for hydroxylation is 2. The first-order valence-corrected chi connectivity index (χ1v) is 13.7. The molecule has 0 radical (unpaired) electrons. The number of rotatable bonds is 10. The van der Waals surface area contributed by atoms with E-state index in [4.69, 9.17) is 24.4 Å². The number of benzene rings is 2. The fourth-order valence-electron chi connectivity index (χ4n) is 2.60. The molecular formula is C21H26N2O4S4. The van der Waals surface area contributed by atoms with E-state index in [0.29, 0.717) is 29.2 Å². The van der Waals surface area contributed by atoms with Crippen molar-refractivity contribution in [3.8, 4) is 0 Å². The standard InChI is InChI=1S/C21H26N2O4S4/c1-16-6-10-18(11-7-16)30(24,25)14-22-20(28)4-3-5-21(29)23-15-31(26,27)19-12-8-17(2)9-13-19/h6-13H,3-5,14-15H2,1-2H3,(H,22,28)(H,23,29). The smallest absolute Gasteiger partial charge is 0.196 e. The summed E-state index contributed by atoms with van der Waals surface area (Å²) in [5.74, 6) is -0.543. The van der Waals surface area contributed by atoms with Gasteiger partial charge >= 0.3 is 0 Å². The topological polar surface area (TPSA) is 92.3 Å². The van der Waals surface area contributed by atoms with E-state index in [1.54, 1.807) is 48.5 Å². The maximum absolute atomic E-state index is 12.3. The summed E-state index contributed by atoms with van der Waals surface area (Å²) in [7, 11) is -6.94. The van der Waals surface area contributed by atoms with Crippen molar-refractivity contribution in [1.29, 1.82) is 0 Å². The van der Waals surface area contributed by atoms with Crippen LogP contribution in [0.4, 0.5) is 0 Å². The Balaban J connectivity index is 1.72. The lowest BCUT2D eigenvalue weighted by molar-refractivity contribution is 0.592. The summed E-state index contributed by atoms with van der Waals surface area (Å²) >= 11 is 10.4. The minimum absolute atomic E-state index is 0.244. The van der Waals surface area contributed by atoms with Crippen LogP contribution in [-0.2, 0) is 19.7 Å². The number of nitrogens with one attached hydrogen (secondary N) is 2. The highest BCUT2D eigenvalue weighted by atomic mass is 32.2. The summed E-state index contributed by atoms with van der Waals surface area (Å²) in [6.45, 7) is 3.78. The maximum Gasteiger partial charge on any atom is 0.196 e. The summed E-state index contributed by atoms with van der Waals surface area (Å²) in [6, 6.07) is 13.3. The van der Waals surface area contributed by atoms with Crippen molar-refractivity contribution < 1.29 is 16.8 Å². The minimum atomic E-state index is -3.47. The highest BCUT2D eigenvalue weighted by molar-refractivity contribution is 7.91. The lowest BCUT2D eigenvalue weighted by Crippen LogP contribution is -2.30. The van der Waals surface area contributed by atoms with E-state index in [1.807, 2.05) is 13.8 Å². The van der Waals surface area contributed by atoms with Crippen LogP contribution < -0.4 is 10.6 Å². The first-order chi connectivity index (χ1) is 14.5.